The van der Waals surface area contributed by atoms with Crippen molar-refractivity contribution < 1.29 is 8.83 Å². The van der Waals surface area contributed by atoms with Crippen LogP contribution < -0.4 is 10.6 Å². The molecule has 174 valence electrons. The van der Waals surface area contributed by atoms with Gasteiger partial charge >= 0.3 is 0 Å². The number of aromatic nitrogens is 1. The number of hydrogen-bond acceptors (Lipinski definition) is 5. The molecule has 32 heavy (non-hydrogen) atoms. The lowest BCUT2D eigenvalue weighted by Crippen LogP contribution is -2.36. The molecule has 7 nitrogen and oxygen atoms in total. The second kappa shape index (κ2) is 12.1. The average Bonchev–Trinajstić information content (AvgIpc) is 3.41. The summed E-state index contributed by atoms with van der Waals surface area (Å²) in [5.41, 5.74) is 2.43. The molecule has 2 heterocycles. The van der Waals surface area contributed by atoms with Gasteiger partial charge in [0, 0.05) is 25.6 Å². The fourth-order valence-corrected chi connectivity index (χ4v) is 3.20. The molecule has 0 fully saturated rings. The Morgan fingerprint density at radius 1 is 1.03 bits per heavy atom. The predicted octanol–water partition coefficient (Wildman–Crippen LogP) is 4.68. The third kappa shape index (κ3) is 7.67. The molecule has 3 aromatic rings. The van der Waals surface area contributed by atoms with Gasteiger partial charge in [-0.1, -0.05) is 45.0 Å². The standard InChI is InChI=1S/C24H33N5O2.HI/c1-24(2,3)21-14-26-22(31-21)15-28-23(25-4)27-13-18-9-6-7-10-19(18)16-29(5)17-20-11-8-12-30-20;/h6-12,14H,13,15-17H2,1-5H3,(H2,25,27,28);1H. The molecule has 2 N–H and O–H groups in total. The van der Waals surface area contributed by atoms with Crippen molar-refractivity contribution >= 4 is 29.9 Å². The fourth-order valence-electron chi connectivity index (χ4n) is 3.20. The summed E-state index contributed by atoms with van der Waals surface area (Å²) in [6, 6.07) is 12.3. The number of hydrogen-bond donors (Lipinski definition) is 2. The number of guanidine groups is 1. The van der Waals surface area contributed by atoms with E-state index in [2.05, 4.69) is 77.6 Å². The first kappa shape index (κ1) is 25.9. The van der Waals surface area contributed by atoms with Crippen LogP contribution in [0, 0.1) is 0 Å². The number of nitrogens with one attached hydrogen (secondary N) is 2. The van der Waals surface area contributed by atoms with Gasteiger partial charge in [-0.2, -0.15) is 0 Å². The highest BCUT2D eigenvalue weighted by atomic mass is 127. The number of furan rings is 1. The summed E-state index contributed by atoms with van der Waals surface area (Å²) < 4.78 is 11.3. The van der Waals surface area contributed by atoms with Gasteiger partial charge < -0.3 is 19.5 Å². The number of halogens is 1. The molecule has 2 aromatic heterocycles. The van der Waals surface area contributed by atoms with E-state index in [1.165, 1.54) is 11.1 Å². The Bertz CT molecular complexity index is 976. The van der Waals surface area contributed by atoms with Crippen molar-refractivity contribution in [1.82, 2.24) is 20.5 Å². The third-order valence-corrected chi connectivity index (χ3v) is 4.93. The van der Waals surface area contributed by atoms with Crippen molar-refractivity contribution in [1.29, 1.82) is 0 Å². The van der Waals surface area contributed by atoms with Gasteiger partial charge in [0.25, 0.3) is 0 Å². The topological polar surface area (TPSA) is 78.8 Å². The van der Waals surface area contributed by atoms with Gasteiger partial charge in [0.05, 0.1) is 25.5 Å². The molecule has 8 heteroatoms. The summed E-state index contributed by atoms with van der Waals surface area (Å²) in [5, 5.41) is 6.66. The molecule has 0 aliphatic heterocycles. The van der Waals surface area contributed by atoms with Crippen LogP contribution in [0.5, 0.6) is 0 Å². The van der Waals surface area contributed by atoms with E-state index in [1.807, 2.05) is 12.1 Å². The van der Waals surface area contributed by atoms with Crippen LogP contribution in [0.1, 0.15) is 49.3 Å². The Labute approximate surface area is 207 Å². The van der Waals surface area contributed by atoms with Crippen molar-refractivity contribution in [2.45, 2.75) is 52.4 Å². The minimum Gasteiger partial charge on any atom is -0.468 e. The highest BCUT2D eigenvalue weighted by molar-refractivity contribution is 14.0. The molecule has 0 aliphatic carbocycles. The molecule has 0 unspecified atom stereocenters. The molecule has 3 rings (SSSR count). The van der Waals surface area contributed by atoms with Crippen molar-refractivity contribution in [3.8, 4) is 0 Å². The molecular formula is C24H34IN5O2. The van der Waals surface area contributed by atoms with Gasteiger partial charge in [-0.15, -0.1) is 24.0 Å². The highest BCUT2D eigenvalue weighted by Crippen LogP contribution is 2.22. The predicted molar refractivity (Wildman–Crippen MR) is 138 cm³/mol. The van der Waals surface area contributed by atoms with Crippen molar-refractivity contribution in [3.63, 3.8) is 0 Å². The number of oxazole rings is 1. The Morgan fingerprint density at radius 3 is 2.38 bits per heavy atom. The van der Waals surface area contributed by atoms with E-state index in [0.29, 0.717) is 24.9 Å². The first-order chi connectivity index (χ1) is 14.8. The van der Waals surface area contributed by atoms with Crippen LogP contribution in [-0.4, -0.2) is 29.9 Å². The smallest absolute Gasteiger partial charge is 0.213 e. The van der Waals surface area contributed by atoms with Crippen molar-refractivity contribution in [2.24, 2.45) is 4.99 Å². The van der Waals surface area contributed by atoms with E-state index >= 15 is 0 Å². The quantitative estimate of drug-likeness (QED) is 0.241. The molecule has 1 aromatic carbocycles. The van der Waals surface area contributed by atoms with E-state index in [0.717, 1.165) is 24.6 Å². The van der Waals surface area contributed by atoms with E-state index < -0.39 is 0 Å². The summed E-state index contributed by atoms with van der Waals surface area (Å²) in [7, 11) is 3.85. The fraction of sp³-hybridized carbons (Fsp3) is 0.417. The van der Waals surface area contributed by atoms with Crippen LogP contribution in [0.25, 0.3) is 0 Å². The summed E-state index contributed by atoms with van der Waals surface area (Å²) in [4.78, 5) is 10.9. The lowest BCUT2D eigenvalue weighted by atomic mass is 9.94. The van der Waals surface area contributed by atoms with E-state index in [-0.39, 0.29) is 29.4 Å². The largest absolute Gasteiger partial charge is 0.468 e. The summed E-state index contributed by atoms with van der Waals surface area (Å²) in [5.74, 6) is 3.19. The summed E-state index contributed by atoms with van der Waals surface area (Å²) >= 11 is 0. The minimum atomic E-state index is -0.0566. The zero-order chi connectivity index (χ0) is 22.3. The van der Waals surface area contributed by atoms with Gasteiger partial charge in [-0.25, -0.2) is 4.98 Å². The number of nitrogens with zero attached hydrogens (tertiary/aromatic N) is 3. The summed E-state index contributed by atoms with van der Waals surface area (Å²) in [6.45, 7) is 9.06. The van der Waals surface area contributed by atoms with Crippen LogP contribution in [0.15, 0.2) is 62.7 Å². The monoisotopic (exact) mass is 551 g/mol. The Hall–Kier alpha value is -2.33. The number of benzene rings is 1. The number of rotatable bonds is 8. The molecule has 0 saturated heterocycles. The van der Waals surface area contributed by atoms with Gasteiger partial charge in [-0.05, 0) is 30.3 Å². The van der Waals surface area contributed by atoms with E-state index in [9.17, 15) is 0 Å². The zero-order valence-electron chi connectivity index (χ0n) is 19.5. The maximum absolute atomic E-state index is 5.84. The lowest BCUT2D eigenvalue weighted by molar-refractivity contribution is 0.287. The number of aliphatic imine (C=N–C) groups is 1. The lowest BCUT2D eigenvalue weighted by Gasteiger charge is -2.19. The van der Waals surface area contributed by atoms with Crippen molar-refractivity contribution in [2.75, 3.05) is 14.1 Å². The van der Waals surface area contributed by atoms with E-state index in [1.54, 1.807) is 19.5 Å². The normalized spacial score (nSPS) is 12.0. The maximum atomic E-state index is 5.84. The second-order valence-corrected chi connectivity index (χ2v) is 8.67. The molecule has 0 aliphatic rings. The summed E-state index contributed by atoms with van der Waals surface area (Å²) in [6.07, 6.45) is 3.50. The minimum absolute atomic E-state index is 0. The van der Waals surface area contributed by atoms with Crippen molar-refractivity contribution in [3.05, 3.63) is 77.4 Å². The Morgan fingerprint density at radius 2 is 1.75 bits per heavy atom. The van der Waals surface area contributed by atoms with E-state index in [4.69, 9.17) is 8.83 Å². The third-order valence-electron chi connectivity index (χ3n) is 4.93. The van der Waals surface area contributed by atoms with Crippen LogP contribution >= 0.6 is 24.0 Å². The molecule has 0 saturated carbocycles. The molecule has 0 spiro atoms. The zero-order valence-corrected chi connectivity index (χ0v) is 21.8. The van der Waals surface area contributed by atoms with Gasteiger partial charge in [0.2, 0.25) is 5.89 Å². The maximum Gasteiger partial charge on any atom is 0.213 e. The van der Waals surface area contributed by atoms with Crippen LogP contribution in [0.3, 0.4) is 0 Å². The van der Waals surface area contributed by atoms with Crippen LogP contribution in [0.2, 0.25) is 0 Å². The Balaban J connectivity index is 0.00000363. The van der Waals surface area contributed by atoms with Crippen LogP contribution in [0.4, 0.5) is 0 Å². The molecule has 0 radical (unpaired) electrons. The Kier molecular flexibility index (Phi) is 9.77. The average molecular weight is 551 g/mol. The SMILES string of the molecule is CN=C(NCc1ncc(C(C)(C)C)o1)NCc1ccccc1CN(C)Cc1ccco1.I. The first-order valence-electron chi connectivity index (χ1n) is 10.5. The van der Waals surface area contributed by atoms with Crippen LogP contribution in [-0.2, 0) is 31.6 Å². The molecular weight excluding hydrogens is 517 g/mol. The van der Waals surface area contributed by atoms with Gasteiger partial charge in [0.15, 0.2) is 5.96 Å². The highest BCUT2D eigenvalue weighted by Gasteiger charge is 2.19. The molecule has 0 atom stereocenters. The first-order valence-corrected chi connectivity index (χ1v) is 10.5. The van der Waals surface area contributed by atoms with Gasteiger partial charge in [-0.3, -0.25) is 9.89 Å². The van der Waals surface area contributed by atoms with Gasteiger partial charge in [0.1, 0.15) is 11.5 Å². The second-order valence-electron chi connectivity index (χ2n) is 8.67. The molecule has 0 amide bonds. The molecule has 0 bridgehead atoms.